The SMILES string of the molecule is CCOC(=O)/C=C(/CCC(O)(/C=C/C(=O)OCC)C(=O)OC)C(=O)OC. The number of aliphatic hydroxyl groups is 1. The van der Waals surface area contributed by atoms with Crippen molar-refractivity contribution in [1.82, 2.24) is 0 Å². The Kier molecular flexibility index (Phi) is 10.6. The summed E-state index contributed by atoms with van der Waals surface area (Å²) in [5, 5.41) is 10.5. The van der Waals surface area contributed by atoms with E-state index in [1.807, 2.05) is 0 Å². The minimum Gasteiger partial charge on any atom is -0.467 e. The van der Waals surface area contributed by atoms with Crippen LogP contribution in [0.25, 0.3) is 0 Å². The first-order valence-electron chi connectivity index (χ1n) is 7.86. The Bertz CT molecular complexity index is 577. The summed E-state index contributed by atoms with van der Waals surface area (Å²) in [5.74, 6) is -3.39. The molecule has 26 heavy (non-hydrogen) atoms. The van der Waals surface area contributed by atoms with Crippen molar-refractivity contribution in [2.75, 3.05) is 27.4 Å². The average molecular weight is 372 g/mol. The molecule has 0 heterocycles. The number of hydrogen-bond donors (Lipinski definition) is 1. The average Bonchev–Trinajstić information content (AvgIpc) is 2.62. The molecular formula is C17H24O9. The Morgan fingerprint density at radius 2 is 1.54 bits per heavy atom. The monoisotopic (exact) mass is 372 g/mol. The van der Waals surface area contributed by atoms with E-state index in [2.05, 4.69) is 14.2 Å². The molecule has 9 heteroatoms. The summed E-state index contributed by atoms with van der Waals surface area (Å²) in [6, 6.07) is 0. The van der Waals surface area contributed by atoms with Gasteiger partial charge >= 0.3 is 23.9 Å². The van der Waals surface area contributed by atoms with Crippen LogP contribution >= 0.6 is 0 Å². The van der Waals surface area contributed by atoms with Gasteiger partial charge in [0.05, 0.1) is 27.4 Å². The van der Waals surface area contributed by atoms with Crippen molar-refractivity contribution in [3.05, 3.63) is 23.8 Å². The Morgan fingerprint density at radius 1 is 0.962 bits per heavy atom. The third-order valence-electron chi connectivity index (χ3n) is 3.12. The van der Waals surface area contributed by atoms with Gasteiger partial charge in [-0.3, -0.25) is 0 Å². The Balaban J connectivity index is 5.41. The number of esters is 4. The van der Waals surface area contributed by atoms with Gasteiger partial charge in [0, 0.05) is 17.7 Å². The van der Waals surface area contributed by atoms with Gasteiger partial charge < -0.3 is 24.1 Å². The molecule has 146 valence electrons. The summed E-state index contributed by atoms with van der Waals surface area (Å²) >= 11 is 0. The minimum absolute atomic E-state index is 0.109. The smallest absolute Gasteiger partial charge is 0.341 e. The minimum atomic E-state index is -2.21. The molecule has 0 bridgehead atoms. The van der Waals surface area contributed by atoms with Crippen molar-refractivity contribution in [2.24, 2.45) is 0 Å². The molecule has 0 aromatic carbocycles. The van der Waals surface area contributed by atoms with E-state index in [9.17, 15) is 24.3 Å². The van der Waals surface area contributed by atoms with E-state index in [1.165, 1.54) is 0 Å². The van der Waals surface area contributed by atoms with Gasteiger partial charge in [-0.2, -0.15) is 0 Å². The van der Waals surface area contributed by atoms with Crippen LogP contribution in [0.1, 0.15) is 26.7 Å². The summed E-state index contributed by atoms with van der Waals surface area (Å²) in [5.41, 5.74) is -2.32. The normalized spacial score (nSPS) is 13.7. The maximum atomic E-state index is 11.9. The van der Waals surface area contributed by atoms with Gasteiger partial charge in [-0.15, -0.1) is 0 Å². The maximum absolute atomic E-state index is 11.9. The molecular weight excluding hydrogens is 348 g/mol. The molecule has 1 N–H and O–H groups in total. The van der Waals surface area contributed by atoms with Crippen LogP contribution in [0.4, 0.5) is 0 Å². The third kappa shape index (κ3) is 7.93. The van der Waals surface area contributed by atoms with Crippen LogP contribution in [-0.4, -0.2) is 62.0 Å². The second kappa shape index (κ2) is 11.8. The van der Waals surface area contributed by atoms with Crippen molar-refractivity contribution in [1.29, 1.82) is 0 Å². The molecule has 0 amide bonds. The molecule has 0 rings (SSSR count). The Morgan fingerprint density at radius 3 is 2.04 bits per heavy atom. The molecule has 1 unspecified atom stereocenters. The van der Waals surface area contributed by atoms with Crippen molar-refractivity contribution in [2.45, 2.75) is 32.3 Å². The Labute approximate surface area is 151 Å². The van der Waals surface area contributed by atoms with E-state index in [4.69, 9.17) is 4.74 Å². The molecule has 0 aliphatic rings. The highest BCUT2D eigenvalue weighted by molar-refractivity contribution is 5.96. The molecule has 1 atom stereocenters. The summed E-state index contributed by atoms with van der Waals surface area (Å²) in [6.07, 6.45) is 2.14. The van der Waals surface area contributed by atoms with Crippen LogP contribution in [0.15, 0.2) is 23.8 Å². The van der Waals surface area contributed by atoms with Crippen molar-refractivity contribution in [3.8, 4) is 0 Å². The highest BCUT2D eigenvalue weighted by Crippen LogP contribution is 2.21. The fourth-order valence-electron chi connectivity index (χ4n) is 1.84. The van der Waals surface area contributed by atoms with Crippen molar-refractivity contribution in [3.63, 3.8) is 0 Å². The first-order valence-corrected chi connectivity index (χ1v) is 7.86. The number of hydrogen-bond acceptors (Lipinski definition) is 9. The lowest BCUT2D eigenvalue weighted by Gasteiger charge is -2.21. The van der Waals surface area contributed by atoms with Crippen LogP contribution in [-0.2, 0) is 38.1 Å². The highest BCUT2D eigenvalue weighted by atomic mass is 16.5. The molecule has 0 saturated heterocycles. The van der Waals surface area contributed by atoms with E-state index in [1.54, 1.807) is 13.8 Å². The molecule has 0 aromatic rings. The van der Waals surface area contributed by atoms with Gasteiger partial charge in [-0.05, 0) is 32.8 Å². The summed E-state index contributed by atoms with van der Waals surface area (Å²) in [7, 11) is 2.18. The fraction of sp³-hybridized carbons (Fsp3) is 0.529. The van der Waals surface area contributed by atoms with Gasteiger partial charge in [0.1, 0.15) is 0 Å². The zero-order valence-electron chi connectivity index (χ0n) is 15.3. The lowest BCUT2D eigenvalue weighted by Crippen LogP contribution is -2.38. The van der Waals surface area contributed by atoms with E-state index in [-0.39, 0.29) is 31.6 Å². The first-order chi connectivity index (χ1) is 12.2. The standard InChI is InChI=1S/C17H24O9/c1-5-25-13(18)8-10-17(22,16(21)24-4)9-7-12(15(20)23-3)11-14(19)26-6-2/h8,10-11,22H,5-7,9H2,1-4H3/b10-8+,12-11-. The summed E-state index contributed by atoms with van der Waals surface area (Å²) in [4.78, 5) is 46.6. The molecule has 0 aliphatic carbocycles. The predicted molar refractivity (Wildman–Crippen MR) is 88.7 cm³/mol. The molecule has 0 aromatic heterocycles. The number of methoxy groups -OCH3 is 2. The Hall–Kier alpha value is -2.68. The third-order valence-corrected chi connectivity index (χ3v) is 3.12. The fourth-order valence-corrected chi connectivity index (χ4v) is 1.84. The van der Waals surface area contributed by atoms with E-state index in [0.29, 0.717) is 0 Å². The van der Waals surface area contributed by atoms with E-state index >= 15 is 0 Å². The number of rotatable bonds is 10. The van der Waals surface area contributed by atoms with Crippen LogP contribution < -0.4 is 0 Å². The first kappa shape index (κ1) is 23.3. The van der Waals surface area contributed by atoms with Crippen molar-refractivity contribution < 1.29 is 43.2 Å². The molecule has 0 radical (unpaired) electrons. The van der Waals surface area contributed by atoms with Gasteiger partial charge in [-0.1, -0.05) is 0 Å². The quantitative estimate of drug-likeness (QED) is 0.330. The van der Waals surface area contributed by atoms with Gasteiger partial charge in [-0.25, -0.2) is 19.2 Å². The largest absolute Gasteiger partial charge is 0.467 e. The van der Waals surface area contributed by atoms with Crippen LogP contribution in [0.3, 0.4) is 0 Å². The predicted octanol–water partition coefficient (Wildman–Crippen LogP) is 0.452. The van der Waals surface area contributed by atoms with Gasteiger partial charge in [0.25, 0.3) is 0 Å². The molecule has 0 fully saturated rings. The number of ether oxygens (including phenoxy) is 4. The van der Waals surface area contributed by atoms with Crippen LogP contribution in [0.5, 0.6) is 0 Å². The van der Waals surface area contributed by atoms with Gasteiger partial charge in [0.15, 0.2) is 5.60 Å². The van der Waals surface area contributed by atoms with Crippen LogP contribution in [0.2, 0.25) is 0 Å². The molecule has 0 aliphatic heterocycles. The second-order valence-electron chi connectivity index (χ2n) is 4.91. The molecule has 9 nitrogen and oxygen atoms in total. The molecule has 0 saturated carbocycles. The molecule has 0 spiro atoms. The van der Waals surface area contributed by atoms with Gasteiger partial charge in [0.2, 0.25) is 0 Å². The lowest BCUT2D eigenvalue weighted by molar-refractivity contribution is -0.158. The maximum Gasteiger partial charge on any atom is 0.341 e. The van der Waals surface area contributed by atoms with E-state index in [0.717, 1.165) is 32.4 Å². The lowest BCUT2D eigenvalue weighted by atomic mass is 9.94. The van der Waals surface area contributed by atoms with E-state index < -0.39 is 29.5 Å². The van der Waals surface area contributed by atoms with Crippen molar-refractivity contribution >= 4 is 23.9 Å². The summed E-state index contributed by atoms with van der Waals surface area (Å²) in [6.45, 7) is 3.42. The number of carbonyl (C=O) groups excluding carboxylic acids is 4. The van der Waals surface area contributed by atoms with Crippen LogP contribution in [0, 0.1) is 0 Å². The zero-order chi connectivity index (χ0) is 20.2. The highest BCUT2D eigenvalue weighted by Gasteiger charge is 2.35. The zero-order valence-corrected chi connectivity index (χ0v) is 15.3. The topological polar surface area (TPSA) is 125 Å². The summed E-state index contributed by atoms with van der Waals surface area (Å²) < 4.78 is 18.5. The second-order valence-corrected chi connectivity index (χ2v) is 4.91. The number of carbonyl (C=O) groups is 4.